The standard InChI is InChI=1S/C14H19FN2O3/c1-10(2)14(19)17-8-7-16-13(18)9-20-12-5-3-11(15)4-6-12/h3-6,10H,7-9H2,1-2H3,(H,16,18)(H,17,19). The van der Waals surface area contributed by atoms with Gasteiger partial charge in [0.1, 0.15) is 11.6 Å². The molecule has 0 aliphatic heterocycles. The number of halogens is 1. The first-order valence-electron chi connectivity index (χ1n) is 6.42. The smallest absolute Gasteiger partial charge is 0.258 e. The molecule has 0 bridgehead atoms. The summed E-state index contributed by atoms with van der Waals surface area (Å²) in [5, 5.41) is 5.29. The van der Waals surface area contributed by atoms with Gasteiger partial charge in [-0.2, -0.15) is 0 Å². The lowest BCUT2D eigenvalue weighted by atomic mass is 10.2. The van der Waals surface area contributed by atoms with Crippen LogP contribution in [0, 0.1) is 11.7 Å². The maximum atomic E-state index is 12.6. The molecule has 0 heterocycles. The van der Waals surface area contributed by atoms with Gasteiger partial charge in [-0.05, 0) is 24.3 Å². The van der Waals surface area contributed by atoms with Gasteiger partial charge in [0, 0.05) is 19.0 Å². The van der Waals surface area contributed by atoms with Crippen LogP contribution in [0.15, 0.2) is 24.3 Å². The van der Waals surface area contributed by atoms with Crippen molar-refractivity contribution in [1.29, 1.82) is 0 Å². The van der Waals surface area contributed by atoms with E-state index in [1.54, 1.807) is 13.8 Å². The maximum Gasteiger partial charge on any atom is 0.258 e. The number of carbonyl (C=O) groups is 2. The highest BCUT2D eigenvalue weighted by molar-refractivity contribution is 5.78. The van der Waals surface area contributed by atoms with Crippen molar-refractivity contribution >= 4 is 11.8 Å². The van der Waals surface area contributed by atoms with E-state index >= 15 is 0 Å². The van der Waals surface area contributed by atoms with Gasteiger partial charge in [-0.1, -0.05) is 13.8 Å². The predicted molar refractivity (Wildman–Crippen MR) is 72.8 cm³/mol. The second kappa shape index (κ2) is 8.14. The zero-order valence-corrected chi connectivity index (χ0v) is 11.6. The maximum absolute atomic E-state index is 12.6. The van der Waals surface area contributed by atoms with Gasteiger partial charge in [0.05, 0.1) is 0 Å². The second-order valence-corrected chi connectivity index (χ2v) is 4.54. The van der Waals surface area contributed by atoms with Crippen molar-refractivity contribution in [2.75, 3.05) is 19.7 Å². The Morgan fingerprint density at radius 1 is 1.15 bits per heavy atom. The van der Waals surface area contributed by atoms with Crippen LogP contribution in [0.5, 0.6) is 5.75 Å². The van der Waals surface area contributed by atoms with Crippen molar-refractivity contribution in [3.05, 3.63) is 30.1 Å². The summed E-state index contributed by atoms with van der Waals surface area (Å²) in [7, 11) is 0. The Balaban J connectivity index is 2.14. The quantitative estimate of drug-likeness (QED) is 0.736. The van der Waals surface area contributed by atoms with Gasteiger partial charge in [-0.3, -0.25) is 9.59 Å². The summed E-state index contributed by atoms with van der Waals surface area (Å²) in [6.07, 6.45) is 0. The minimum absolute atomic E-state index is 0.0539. The summed E-state index contributed by atoms with van der Waals surface area (Å²) < 4.78 is 17.8. The van der Waals surface area contributed by atoms with Crippen LogP contribution in [-0.4, -0.2) is 31.5 Å². The number of benzene rings is 1. The van der Waals surface area contributed by atoms with E-state index in [1.807, 2.05) is 0 Å². The number of ether oxygens (including phenoxy) is 1. The Bertz CT molecular complexity index is 446. The number of nitrogens with one attached hydrogen (secondary N) is 2. The number of carbonyl (C=O) groups excluding carboxylic acids is 2. The topological polar surface area (TPSA) is 67.4 Å². The zero-order valence-electron chi connectivity index (χ0n) is 11.6. The summed E-state index contributed by atoms with van der Waals surface area (Å²) in [5.74, 6) is -0.361. The third kappa shape index (κ3) is 6.17. The second-order valence-electron chi connectivity index (χ2n) is 4.54. The van der Waals surface area contributed by atoms with E-state index in [0.29, 0.717) is 18.8 Å². The Morgan fingerprint density at radius 3 is 2.35 bits per heavy atom. The third-order valence-electron chi connectivity index (χ3n) is 2.45. The van der Waals surface area contributed by atoms with E-state index in [2.05, 4.69) is 10.6 Å². The Labute approximate surface area is 117 Å². The fourth-order valence-electron chi connectivity index (χ4n) is 1.32. The SMILES string of the molecule is CC(C)C(=O)NCCNC(=O)COc1ccc(F)cc1. The molecule has 0 aromatic heterocycles. The molecule has 1 aromatic rings. The van der Waals surface area contributed by atoms with Gasteiger partial charge >= 0.3 is 0 Å². The summed E-state index contributed by atoms with van der Waals surface area (Å²) >= 11 is 0. The van der Waals surface area contributed by atoms with Crippen molar-refractivity contribution in [2.45, 2.75) is 13.8 Å². The molecule has 110 valence electrons. The van der Waals surface area contributed by atoms with Gasteiger partial charge in [-0.15, -0.1) is 0 Å². The molecule has 1 aromatic carbocycles. The molecule has 1 rings (SSSR count). The van der Waals surface area contributed by atoms with E-state index in [0.717, 1.165) is 0 Å². The van der Waals surface area contributed by atoms with Crippen LogP contribution in [-0.2, 0) is 9.59 Å². The van der Waals surface area contributed by atoms with Crippen LogP contribution < -0.4 is 15.4 Å². The van der Waals surface area contributed by atoms with Crippen molar-refractivity contribution in [2.24, 2.45) is 5.92 Å². The van der Waals surface area contributed by atoms with Crippen molar-refractivity contribution in [1.82, 2.24) is 10.6 Å². The minimum atomic E-state index is -0.359. The molecule has 5 nitrogen and oxygen atoms in total. The van der Waals surface area contributed by atoms with Gasteiger partial charge in [0.15, 0.2) is 6.61 Å². The third-order valence-corrected chi connectivity index (χ3v) is 2.45. The van der Waals surface area contributed by atoms with Crippen LogP contribution in [0.25, 0.3) is 0 Å². The van der Waals surface area contributed by atoms with Crippen LogP contribution >= 0.6 is 0 Å². The highest BCUT2D eigenvalue weighted by atomic mass is 19.1. The number of amides is 2. The lowest BCUT2D eigenvalue weighted by molar-refractivity contribution is -0.125. The summed E-state index contributed by atoms with van der Waals surface area (Å²) in [4.78, 5) is 22.7. The average molecular weight is 282 g/mol. The fraction of sp³-hybridized carbons (Fsp3) is 0.429. The average Bonchev–Trinajstić information content (AvgIpc) is 2.42. The molecule has 20 heavy (non-hydrogen) atoms. The fourth-order valence-corrected chi connectivity index (χ4v) is 1.32. The molecular formula is C14H19FN2O3. The molecule has 0 saturated heterocycles. The van der Waals surface area contributed by atoms with Crippen LogP contribution in [0.4, 0.5) is 4.39 Å². The first kappa shape index (κ1) is 15.9. The number of rotatable bonds is 7. The molecule has 0 radical (unpaired) electrons. The molecule has 2 N–H and O–H groups in total. The highest BCUT2D eigenvalue weighted by Crippen LogP contribution is 2.10. The number of hydrogen-bond acceptors (Lipinski definition) is 3. The molecule has 0 saturated carbocycles. The highest BCUT2D eigenvalue weighted by Gasteiger charge is 2.06. The van der Waals surface area contributed by atoms with Crippen molar-refractivity contribution in [3.8, 4) is 5.75 Å². The lowest BCUT2D eigenvalue weighted by Crippen LogP contribution is -2.38. The monoisotopic (exact) mass is 282 g/mol. The largest absolute Gasteiger partial charge is 0.484 e. The molecule has 0 atom stereocenters. The predicted octanol–water partition coefficient (Wildman–Crippen LogP) is 1.09. The van der Waals surface area contributed by atoms with Crippen LogP contribution in [0.3, 0.4) is 0 Å². The van der Waals surface area contributed by atoms with Crippen molar-refractivity contribution < 1.29 is 18.7 Å². The molecule has 2 amide bonds. The normalized spacial score (nSPS) is 10.2. The summed E-state index contributed by atoms with van der Waals surface area (Å²) in [5.41, 5.74) is 0. The molecule has 0 aliphatic rings. The van der Waals surface area contributed by atoms with E-state index < -0.39 is 0 Å². The Morgan fingerprint density at radius 2 is 1.75 bits per heavy atom. The first-order chi connectivity index (χ1) is 9.49. The van der Waals surface area contributed by atoms with E-state index in [1.165, 1.54) is 24.3 Å². The Hall–Kier alpha value is -2.11. The van der Waals surface area contributed by atoms with Crippen LogP contribution in [0.1, 0.15) is 13.8 Å². The molecule has 6 heteroatoms. The van der Waals surface area contributed by atoms with Gasteiger partial charge in [-0.25, -0.2) is 4.39 Å². The van der Waals surface area contributed by atoms with E-state index in [9.17, 15) is 14.0 Å². The number of hydrogen-bond donors (Lipinski definition) is 2. The molecule has 0 aliphatic carbocycles. The van der Waals surface area contributed by atoms with Gasteiger partial charge < -0.3 is 15.4 Å². The molecule has 0 unspecified atom stereocenters. The molecule has 0 fully saturated rings. The zero-order chi connectivity index (χ0) is 15.0. The minimum Gasteiger partial charge on any atom is -0.484 e. The van der Waals surface area contributed by atoms with Crippen molar-refractivity contribution in [3.63, 3.8) is 0 Å². The lowest BCUT2D eigenvalue weighted by Gasteiger charge is -2.09. The summed E-state index contributed by atoms with van der Waals surface area (Å²) in [6.45, 7) is 4.15. The Kier molecular flexibility index (Phi) is 6.49. The molecular weight excluding hydrogens is 263 g/mol. The first-order valence-corrected chi connectivity index (χ1v) is 6.42. The van der Waals surface area contributed by atoms with Crippen LogP contribution in [0.2, 0.25) is 0 Å². The van der Waals surface area contributed by atoms with Gasteiger partial charge in [0.25, 0.3) is 5.91 Å². The van der Waals surface area contributed by atoms with E-state index in [4.69, 9.17) is 4.74 Å². The van der Waals surface area contributed by atoms with Gasteiger partial charge in [0.2, 0.25) is 5.91 Å². The molecule has 0 spiro atoms. The summed E-state index contributed by atoms with van der Waals surface area (Å²) in [6, 6.07) is 5.42. The van der Waals surface area contributed by atoms with E-state index in [-0.39, 0.29) is 30.2 Å².